The van der Waals surface area contributed by atoms with Crippen LogP contribution in [0.2, 0.25) is 0 Å². The Morgan fingerprint density at radius 3 is 2.06 bits per heavy atom. The Bertz CT molecular complexity index is 272. The highest BCUT2D eigenvalue weighted by molar-refractivity contribution is 6.17. The molecule has 3 heteroatoms. The number of rotatable bonds is 6. The SMILES string of the molecule is CCCN(CC)Cc1ccc(CCl)cc1.Cl. The van der Waals surface area contributed by atoms with Gasteiger partial charge in [-0.25, -0.2) is 0 Å². The predicted octanol–water partition coefficient (Wildman–Crippen LogP) is 4.08. The third-order valence-electron chi connectivity index (χ3n) is 2.57. The smallest absolute Gasteiger partial charge is 0.0474 e. The summed E-state index contributed by atoms with van der Waals surface area (Å²) in [4.78, 5) is 2.45. The summed E-state index contributed by atoms with van der Waals surface area (Å²) in [6.45, 7) is 7.77. The lowest BCUT2D eigenvalue weighted by Gasteiger charge is -2.19. The number of benzene rings is 1. The van der Waals surface area contributed by atoms with Crippen molar-refractivity contribution in [2.45, 2.75) is 32.7 Å². The van der Waals surface area contributed by atoms with Gasteiger partial charge in [-0.3, -0.25) is 4.90 Å². The van der Waals surface area contributed by atoms with Crippen molar-refractivity contribution in [3.63, 3.8) is 0 Å². The maximum atomic E-state index is 5.75. The van der Waals surface area contributed by atoms with Crippen LogP contribution in [0.15, 0.2) is 24.3 Å². The number of nitrogens with zero attached hydrogens (tertiary/aromatic N) is 1. The fourth-order valence-corrected chi connectivity index (χ4v) is 1.84. The van der Waals surface area contributed by atoms with E-state index in [4.69, 9.17) is 11.6 Å². The van der Waals surface area contributed by atoms with Gasteiger partial charge in [0.15, 0.2) is 0 Å². The maximum absolute atomic E-state index is 5.75. The van der Waals surface area contributed by atoms with Crippen LogP contribution in [-0.2, 0) is 12.4 Å². The van der Waals surface area contributed by atoms with E-state index in [1.54, 1.807) is 0 Å². The Morgan fingerprint density at radius 2 is 1.62 bits per heavy atom. The lowest BCUT2D eigenvalue weighted by molar-refractivity contribution is 0.280. The van der Waals surface area contributed by atoms with Crippen molar-refractivity contribution in [1.29, 1.82) is 0 Å². The van der Waals surface area contributed by atoms with Crippen LogP contribution in [0.4, 0.5) is 0 Å². The van der Waals surface area contributed by atoms with E-state index in [1.807, 2.05) is 0 Å². The van der Waals surface area contributed by atoms with Crippen LogP contribution in [0.25, 0.3) is 0 Å². The van der Waals surface area contributed by atoms with Crippen molar-refractivity contribution in [2.75, 3.05) is 13.1 Å². The molecule has 1 nitrogen and oxygen atoms in total. The van der Waals surface area contributed by atoms with Gasteiger partial charge in [-0.2, -0.15) is 0 Å². The summed E-state index contributed by atoms with van der Waals surface area (Å²) in [6.07, 6.45) is 1.22. The van der Waals surface area contributed by atoms with Crippen LogP contribution in [-0.4, -0.2) is 18.0 Å². The van der Waals surface area contributed by atoms with E-state index < -0.39 is 0 Å². The molecule has 0 bridgehead atoms. The van der Waals surface area contributed by atoms with Gasteiger partial charge in [-0.05, 0) is 30.6 Å². The van der Waals surface area contributed by atoms with Crippen molar-refractivity contribution in [1.82, 2.24) is 4.90 Å². The van der Waals surface area contributed by atoms with Crippen LogP contribution in [0.3, 0.4) is 0 Å². The molecule has 0 spiro atoms. The average molecular weight is 262 g/mol. The molecule has 0 heterocycles. The molecule has 0 aliphatic carbocycles. The van der Waals surface area contributed by atoms with E-state index in [-0.39, 0.29) is 12.4 Å². The zero-order valence-corrected chi connectivity index (χ0v) is 11.7. The van der Waals surface area contributed by atoms with Crippen molar-refractivity contribution in [3.8, 4) is 0 Å². The molecule has 92 valence electrons. The van der Waals surface area contributed by atoms with E-state index in [2.05, 4.69) is 43.0 Å². The summed E-state index contributed by atoms with van der Waals surface area (Å²) in [7, 11) is 0. The Morgan fingerprint density at radius 1 is 1.06 bits per heavy atom. The first-order valence-corrected chi connectivity index (χ1v) is 6.19. The number of hydrogen-bond donors (Lipinski definition) is 0. The van der Waals surface area contributed by atoms with Crippen LogP contribution in [0.5, 0.6) is 0 Å². The molecular weight excluding hydrogens is 241 g/mol. The number of alkyl halides is 1. The van der Waals surface area contributed by atoms with Crippen LogP contribution < -0.4 is 0 Å². The predicted molar refractivity (Wildman–Crippen MR) is 74.5 cm³/mol. The van der Waals surface area contributed by atoms with E-state index in [9.17, 15) is 0 Å². The van der Waals surface area contributed by atoms with E-state index in [0.29, 0.717) is 5.88 Å². The Hall–Kier alpha value is -0.240. The molecule has 0 fully saturated rings. The Balaban J connectivity index is 0.00000225. The summed E-state index contributed by atoms with van der Waals surface area (Å²) in [5.74, 6) is 0.604. The largest absolute Gasteiger partial charge is 0.299 e. The molecule has 0 radical (unpaired) electrons. The fraction of sp³-hybridized carbons (Fsp3) is 0.538. The number of halogens is 2. The minimum absolute atomic E-state index is 0. The van der Waals surface area contributed by atoms with Crippen LogP contribution >= 0.6 is 24.0 Å². The third-order valence-corrected chi connectivity index (χ3v) is 2.88. The standard InChI is InChI=1S/C13H20ClN.ClH/c1-3-9-15(4-2)11-13-7-5-12(10-14)6-8-13;/h5-8H,3-4,9-11H2,1-2H3;1H. The summed E-state index contributed by atoms with van der Waals surface area (Å²) in [5, 5.41) is 0. The first kappa shape index (κ1) is 15.8. The van der Waals surface area contributed by atoms with Gasteiger partial charge < -0.3 is 0 Å². The zero-order chi connectivity index (χ0) is 11.1. The lowest BCUT2D eigenvalue weighted by Crippen LogP contribution is -2.23. The van der Waals surface area contributed by atoms with Gasteiger partial charge in [0.1, 0.15) is 0 Å². The maximum Gasteiger partial charge on any atom is 0.0474 e. The summed E-state index contributed by atoms with van der Waals surface area (Å²) >= 11 is 5.75. The molecule has 0 amide bonds. The first-order valence-electron chi connectivity index (χ1n) is 5.66. The molecule has 0 saturated heterocycles. The Labute approximate surface area is 110 Å². The van der Waals surface area contributed by atoms with E-state index in [1.165, 1.54) is 24.1 Å². The second-order valence-electron chi connectivity index (χ2n) is 3.82. The highest BCUT2D eigenvalue weighted by Crippen LogP contribution is 2.09. The normalized spacial score (nSPS) is 10.2. The van der Waals surface area contributed by atoms with Crippen molar-refractivity contribution < 1.29 is 0 Å². The Kier molecular flexibility index (Phi) is 8.73. The minimum Gasteiger partial charge on any atom is -0.299 e. The molecule has 1 aromatic rings. The highest BCUT2D eigenvalue weighted by atomic mass is 35.5. The molecule has 0 aromatic heterocycles. The average Bonchev–Trinajstić information content (AvgIpc) is 2.29. The fourth-order valence-electron chi connectivity index (χ4n) is 1.66. The first-order chi connectivity index (χ1) is 7.30. The van der Waals surface area contributed by atoms with E-state index in [0.717, 1.165) is 13.1 Å². The summed E-state index contributed by atoms with van der Waals surface area (Å²) < 4.78 is 0. The molecule has 0 aliphatic heterocycles. The molecular formula is C13H21Cl2N. The molecule has 0 unspecified atom stereocenters. The molecule has 1 aromatic carbocycles. The molecule has 16 heavy (non-hydrogen) atoms. The molecule has 0 saturated carbocycles. The lowest BCUT2D eigenvalue weighted by atomic mass is 10.1. The quantitative estimate of drug-likeness (QED) is 0.698. The molecule has 0 atom stereocenters. The van der Waals surface area contributed by atoms with Crippen molar-refractivity contribution in [3.05, 3.63) is 35.4 Å². The van der Waals surface area contributed by atoms with Gasteiger partial charge in [0.05, 0.1) is 0 Å². The third kappa shape index (κ3) is 5.20. The zero-order valence-electron chi connectivity index (χ0n) is 10.1. The molecule has 0 aliphatic rings. The second kappa shape index (κ2) is 8.86. The van der Waals surface area contributed by atoms with Crippen LogP contribution in [0.1, 0.15) is 31.4 Å². The van der Waals surface area contributed by atoms with Gasteiger partial charge in [0, 0.05) is 12.4 Å². The summed E-state index contributed by atoms with van der Waals surface area (Å²) in [5.41, 5.74) is 2.57. The van der Waals surface area contributed by atoms with Crippen molar-refractivity contribution >= 4 is 24.0 Å². The van der Waals surface area contributed by atoms with Gasteiger partial charge >= 0.3 is 0 Å². The van der Waals surface area contributed by atoms with Gasteiger partial charge in [-0.15, -0.1) is 24.0 Å². The second-order valence-corrected chi connectivity index (χ2v) is 4.09. The molecule has 1 rings (SSSR count). The number of hydrogen-bond acceptors (Lipinski definition) is 1. The van der Waals surface area contributed by atoms with Crippen molar-refractivity contribution in [2.24, 2.45) is 0 Å². The topological polar surface area (TPSA) is 3.24 Å². The van der Waals surface area contributed by atoms with Gasteiger partial charge in [0.25, 0.3) is 0 Å². The highest BCUT2D eigenvalue weighted by Gasteiger charge is 2.01. The summed E-state index contributed by atoms with van der Waals surface area (Å²) in [6, 6.07) is 8.58. The monoisotopic (exact) mass is 261 g/mol. The molecule has 0 N–H and O–H groups in total. The van der Waals surface area contributed by atoms with Gasteiger partial charge in [0.2, 0.25) is 0 Å². The van der Waals surface area contributed by atoms with E-state index >= 15 is 0 Å². The van der Waals surface area contributed by atoms with Gasteiger partial charge in [-0.1, -0.05) is 38.1 Å². The van der Waals surface area contributed by atoms with Crippen LogP contribution in [0, 0.1) is 0 Å². The minimum atomic E-state index is 0.